The lowest BCUT2D eigenvalue weighted by molar-refractivity contribution is -0.141. The summed E-state index contributed by atoms with van der Waals surface area (Å²) in [6.07, 6.45) is 6.33. The highest BCUT2D eigenvalue weighted by Gasteiger charge is 2.39. The minimum absolute atomic E-state index is 0.0236. The molecule has 16 heteroatoms. The Morgan fingerprint density at radius 2 is 1.43 bits per heavy atom. The van der Waals surface area contributed by atoms with Gasteiger partial charge in [-0.1, -0.05) is 70.2 Å². The number of rotatable bonds is 24. The molecule has 1 heterocycles. The first-order chi connectivity index (χ1) is 32.4. The molecule has 2 aliphatic rings. The quantitative estimate of drug-likeness (QED) is 0.0408. The first-order valence-electron chi connectivity index (χ1n) is 24.7. The van der Waals surface area contributed by atoms with E-state index < -0.39 is 65.6 Å². The predicted octanol–water partition coefficient (Wildman–Crippen LogP) is 6.96. The summed E-state index contributed by atoms with van der Waals surface area (Å²) in [7, 11) is 0. The number of benzene rings is 1. The van der Waals surface area contributed by atoms with Crippen molar-refractivity contribution in [3.8, 4) is 0 Å². The molecule has 3 rings (SSSR count). The molecule has 0 unspecified atom stereocenters. The van der Waals surface area contributed by atoms with Gasteiger partial charge in [0.15, 0.2) is 11.6 Å². The Labute approximate surface area is 410 Å². The van der Waals surface area contributed by atoms with Gasteiger partial charge in [-0.25, -0.2) is 9.59 Å². The molecule has 0 aromatic heterocycles. The van der Waals surface area contributed by atoms with Gasteiger partial charge in [0.1, 0.15) is 23.7 Å². The molecule has 69 heavy (non-hydrogen) atoms. The Kier molecular flexibility index (Phi) is 22.8. The lowest BCUT2D eigenvalue weighted by Gasteiger charge is -2.30. The summed E-state index contributed by atoms with van der Waals surface area (Å²) in [4.78, 5) is 108. The van der Waals surface area contributed by atoms with Crippen LogP contribution < -0.4 is 26.6 Å². The van der Waals surface area contributed by atoms with Crippen LogP contribution in [0, 0.1) is 17.8 Å². The number of ketones is 2. The summed E-state index contributed by atoms with van der Waals surface area (Å²) in [6, 6.07) is 6.10. The number of nitrogens with zero attached hydrogens (tertiary/aromatic N) is 1. The third-order valence-electron chi connectivity index (χ3n) is 12.2. The zero-order valence-corrected chi connectivity index (χ0v) is 43.2. The first kappa shape index (κ1) is 57.5. The molecule has 0 radical (unpaired) electrons. The number of alkyl carbamates (subject to hydrolysis) is 2. The average molecular weight is 961 g/mol. The fourth-order valence-electron chi connectivity index (χ4n) is 8.20. The van der Waals surface area contributed by atoms with Gasteiger partial charge in [0.2, 0.25) is 23.6 Å². The molecule has 0 spiro atoms. The smallest absolute Gasteiger partial charge is 0.408 e. The van der Waals surface area contributed by atoms with E-state index in [-0.39, 0.29) is 49.0 Å². The minimum atomic E-state index is -1.04. The van der Waals surface area contributed by atoms with Crippen LogP contribution in [0.5, 0.6) is 0 Å². The summed E-state index contributed by atoms with van der Waals surface area (Å²) in [5.74, 6) is -2.71. The van der Waals surface area contributed by atoms with Gasteiger partial charge in [-0.15, -0.1) is 0 Å². The molecular formula is C53H80N6O10. The maximum absolute atomic E-state index is 14.6. The highest BCUT2D eigenvalue weighted by molar-refractivity contribution is 6.24. The van der Waals surface area contributed by atoms with Crippen LogP contribution in [0.25, 0.3) is 0 Å². The standard InChI is InChI=1S/C53H80N6O10/c1-32(2)24-26-40(56-52(67)69-53(10,11)12)27-25-39(31-38-19-14-13-15-20-38)50(65)59-29-17-23-43(59)48(63)58-44(33(3)4)49(64)57-42(47(62)55-34(5)6)22-16-28-54-51(66)68-30-18-21-41-37(9)45(60)35(7)36(8)46(41)61/h13-15,19-20,25,27,32-34,39-40,42-44H,16-18,21-24,26,28-31H2,1-12H3,(H,54,66)(H,55,62)(H,56,67)(H,57,64)(H,58,63)/b27-25+/t39-,40+,42+,43+,44+/m1/s1. The lowest BCUT2D eigenvalue weighted by Crippen LogP contribution is -2.58. The number of allylic oxidation sites excluding steroid dienone is 4. The van der Waals surface area contributed by atoms with E-state index in [4.69, 9.17) is 9.47 Å². The van der Waals surface area contributed by atoms with Crippen LogP contribution in [-0.2, 0) is 44.7 Å². The number of hydrogen-bond acceptors (Lipinski definition) is 10. The number of nitrogens with one attached hydrogen (secondary N) is 5. The Morgan fingerprint density at radius 1 is 0.768 bits per heavy atom. The summed E-state index contributed by atoms with van der Waals surface area (Å²) in [6.45, 7) is 22.2. The number of carbonyl (C=O) groups excluding carboxylic acids is 8. The lowest BCUT2D eigenvalue weighted by atomic mass is 9.84. The van der Waals surface area contributed by atoms with E-state index in [0.29, 0.717) is 79.7 Å². The highest BCUT2D eigenvalue weighted by Crippen LogP contribution is 2.27. The summed E-state index contributed by atoms with van der Waals surface area (Å²) in [5.41, 5.74) is 1.96. The maximum atomic E-state index is 14.6. The van der Waals surface area contributed by atoms with E-state index >= 15 is 0 Å². The Hall–Kier alpha value is -5.80. The van der Waals surface area contributed by atoms with Crippen LogP contribution in [0.3, 0.4) is 0 Å². The monoisotopic (exact) mass is 961 g/mol. The molecule has 1 fully saturated rings. The topological polar surface area (TPSA) is 218 Å². The molecule has 0 bridgehead atoms. The molecule has 1 aliphatic carbocycles. The van der Waals surface area contributed by atoms with Gasteiger partial charge in [-0.3, -0.25) is 28.8 Å². The molecule has 1 aromatic carbocycles. The van der Waals surface area contributed by atoms with E-state index in [0.717, 1.165) is 12.0 Å². The highest BCUT2D eigenvalue weighted by atomic mass is 16.6. The number of hydrogen-bond donors (Lipinski definition) is 5. The second-order valence-electron chi connectivity index (χ2n) is 20.4. The molecular weight excluding hydrogens is 881 g/mol. The van der Waals surface area contributed by atoms with Crippen LogP contribution in [0.4, 0.5) is 9.59 Å². The molecule has 1 aromatic rings. The minimum Gasteiger partial charge on any atom is -0.450 e. The zero-order valence-electron chi connectivity index (χ0n) is 43.2. The van der Waals surface area contributed by atoms with Crippen molar-refractivity contribution in [1.29, 1.82) is 0 Å². The fourth-order valence-corrected chi connectivity index (χ4v) is 8.20. The molecule has 5 atom stereocenters. The summed E-state index contributed by atoms with van der Waals surface area (Å²) >= 11 is 0. The summed E-state index contributed by atoms with van der Waals surface area (Å²) < 4.78 is 10.8. The van der Waals surface area contributed by atoms with Crippen LogP contribution in [0.1, 0.15) is 140 Å². The number of Topliss-reactive ketones (excluding diaryl/α,β-unsaturated/α-hetero) is 2. The van der Waals surface area contributed by atoms with E-state index in [1.54, 1.807) is 74.1 Å². The van der Waals surface area contributed by atoms with Gasteiger partial charge < -0.3 is 41.0 Å². The van der Waals surface area contributed by atoms with Gasteiger partial charge in [0.25, 0.3) is 0 Å². The van der Waals surface area contributed by atoms with Crippen molar-refractivity contribution in [1.82, 2.24) is 31.5 Å². The fraction of sp³-hybridized carbons (Fsp3) is 0.623. The van der Waals surface area contributed by atoms with Crippen molar-refractivity contribution in [2.45, 2.75) is 177 Å². The maximum Gasteiger partial charge on any atom is 0.408 e. The Morgan fingerprint density at radius 3 is 2.06 bits per heavy atom. The number of amides is 6. The average Bonchev–Trinajstić information content (AvgIpc) is 3.77. The Balaban J connectivity index is 1.68. The van der Waals surface area contributed by atoms with Crippen LogP contribution in [-0.4, -0.2) is 108 Å². The van der Waals surface area contributed by atoms with Gasteiger partial charge in [-0.05, 0) is 131 Å². The normalized spacial score (nSPS) is 17.3. The third kappa shape index (κ3) is 18.9. The Bertz CT molecular complexity index is 2070. The molecule has 6 amide bonds. The van der Waals surface area contributed by atoms with Gasteiger partial charge in [0.05, 0.1) is 18.6 Å². The first-order valence-corrected chi connectivity index (χ1v) is 24.7. The second kappa shape index (κ2) is 27.4. The molecule has 1 aliphatic heterocycles. The molecule has 382 valence electrons. The third-order valence-corrected chi connectivity index (χ3v) is 12.2. The van der Waals surface area contributed by atoms with Crippen molar-refractivity contribution in [2.75, 3.05) is 19.7 Å². The van der Waals surface area contributed by atoms with Crippen molar-refractivity contribution < 1.29 is 47.8 Å². The SMILES string of the molecule is CC1=C(C)C(=O)C(CCCOC(=O)NCCC[C@H](NC(=O)[C@@H](NC(=O)[C@@H]2CCCN2C(=O)[C@H](/C=C/[C@H](CCC(C)C)NC(=O)OC(C)(C)C)Cc2ccccc2)C(C)C)C(=O)NC(C)C)=C(C)C1=O. The molecule has 1 saturated heterocycles. The van der Waals surface area contributed by atoms with Crippen molar-refractivity contribution >= 4 is 47.4 Å². The predicted molar refractivity (Wildman–Crippen MR) is 266 cm³/mol. The number of carbonyl (C=O) groups is 8. The largest absolute Gasteiger partial charge is 0.450 e. The van der Waals surface area contributed by atoms with E-state index in [1.807, 2.05) is 42.5 Å². The van der Waals surface area contributed by atoms with E-state index in [1.165, 1.54) is 0 Å². The van der Waals surface area contributed by atoms with Crippen LogP contribution >= 0.6 is 0 Å². The van der Waals surface area contributed by atoms with Crippen LogP contribution in [0.15, 0.2) is 64.8 Å². The zero-order chi connectivity index (χ0) is 51.6. The second-order valence-corrected chi connectivity index (χ2v) is 20.4. The molecule has 16 nitrogen and oxygen atoms in total. The number of ether oxygens (including phenoxy) is 2. The van der Waals surface area contributed by atoms with Gasteiger partial charge in [0, 0.05) is 41.4 Å². The van der Waals surface area contributed by atoms with Crippen molar-refractivity contribution in [3.63, 3.8) is 0 Å². The van der Waals surface area contributed by atoms with Crippen molar-refractivity contribution in [2.24, 2.45) is 17.8 Å². The van der Waals surface area contributed by atoms with Gasteiger partial charge >= 0.3 is 12.2 Å². The van der Waals surface area contributed by atoms with Gasteiger partial charge in [-0.2, -0.15) is 0 Å². The van der Waals surface area contributed by atoms with Crippen molar-refractivity contribution in [3.05, 3.63) is 70.3 Å². The molecule has 0 saturated carbocycles. The van der Waals surface area contributed by atoms with E-state index in [2.05, 4.69) is 40.4 Å². The summed E-state index contributed by atoms with van der Waals surface area (Å²) in [5, 5.41) is 14.2. The van der Waals surface area contributed by atoms with E-state index in [9.17, 15) is 38.4 Å². The van der Waals surface area contributed by atoms with Crippen LogP contribution in [0.2, 0.25) is 0 Å². The number of likely N-dealkylation sites (tertiary alicyclic amines) is 1. The molecule has 5 N–H and O–H groups in total.